The van der Waals surface area contributed by atoms with Gasteiger partial charge in [-0.25, -0.2) is 14.1 Å². The van der Waals surface area contributed by atoms with Crippen LogP contribution in [0.3, 0.4) is 0 Å². The fourth-order valence-corrected chi connectivity index (χ4v) is 3.05. The Morgan fingerprint density at radius 3 is 2.43 bits per heavy atom. The minimum Gasteiger partial charge on any atom is -0.383 e. The van der Waals surface area contributed by atoms with E-state index in [1.54, 1.807) is 16.8 Å². The van der Waals surface area contributed by atoms with Crippen LogP contribution in [0.4, 0.5) is 16.2 Å². The quantitative estimate of drug-likeness (QED) is 0.575. The molecule has 0 unspecified atom stereocenters. The standard InChI is InChI=1S/C21H21FN6/c1-3-27(2)21-24-18(15-9-11-16(22)12-10-15)17-19(23)28(26-20(17)25-21)13-14-7-5-4-6-8-14/h4-12H,3,13,23H2,1-2H3. The number of anilines is 2. The number of hydrogen-bond donors (Lipinski definition) is 1. The van der Waals surface area contributed by atoms with Gasteiger partial charge in [0, 0.05) is 19.2 Å². The van der Waals surface area contributed by atoms with Crippen molar-refractivity contribution in [2.75, 3.05) is 24.2 Å². The lowest BCUT2D eigenvalue weighted by molar-refractivity contribution is 0.628. The van der Waals surface area contributed by atoms with Crippen LogP contribution in [-0.2, 0) is 6.54 Å². The summed E-state index contributed by atoms with van der Waals surface area (Å²) in [6, 6.07) is 16.2. The lowest BCUT2D eigenvalue weighted by atomic mass is 10.1. The van der Waals surface area contributed by atoms with E-state index in [4.69, 9.17) is 10.7 Å². The van der Waals surface area contributed by atoms with Gasteiger partial charge in [0.15, 0.2) is 5.65 Å². The number of nitrogens with two attached hydrogens (primary N) is 1. The maximum atomic E-state index is 13.4. The Hall–Kier alpha value is -3.48. The molecule has 0 saturated carbocycles. The van der Waals surface area contributed by atoms with Crippen LogP contribution in [0.25, 0.3) is 22.3 Å². The van der Waals surface area contributed by atoms with Crippen LogP contribution in [0.15, 0.2) is 54.6 Å². The van der Waals surface area contributed by atoms with E-state index in [1.807, 2.05) is 49.2 Å². The number of nitrogens with zero attached hydrogens (tertiary/aromatic N) is 5. The summed E-state index contributed by atoms with van der Waals surface area (Å²) in [7, 11) is 1.92. The van der Waals surface area contributed by atoms with Crippen molar-refractivity contribution in [3.05, 3.63) is 66.0 Å². The first-order valence-electron chi connectivity index (χ1n) is 9.12. The molecule has 0 radical (unpaired) electrons. The van der Waals surface area contributed by atoms with E-state index in [1.165, 1.54) is 12.1 Å². The third kappa shape index (κ3) is 3.26. The molecule has 4 aromatic rings. The van der Waals surface area contributed by atoms with Crippen LogP contribution in [0, 0.1) is 5.82 Å². The summed E-state index contributed by atoms with van der Waals surface area (Å²) in [5, 5.41) is 5.31. The highest BCUT2D eigenvalue weighted by Crippen LogP contribution is 2.32. The van der Waals surface area contributed by atoms with E-state index in [0.717, 1.165) is 17.7 Å². The molecule has 4 rings (SSSR count). The van der Waals surface area contributed by atoms with Crippen molar-refractivity contribution in [3.8, 4) is 11.3 Å². The number of fused-ring (bicyclic) bond motifs is 1. The summed E-state index contributed by atoms with van der Waals surface area (Å²) < 4.78 is 15.2. The van der Waals surface area contributed by atoms with Gasteiger partial charge >= 0.3 is 0 Å². The first kappa shape index (κ1) is 17.9. The summed E-state index contributed by atoms with van der Waals surface area (Å²) in [6.07, 6.45) is 0. The third-order valence-electron chi connectivity index (χ3n) is 4.74. The predicted molar refractivity (Wildman–Crippen MR) is 110 cm³/mol. The number of halogens is 1. The van der Waals surface area contributed by atoms with Gasteiger partial charge in [0.25, 0.3) is 0 Å². The first-order chi connectivity index (χ1) is 13.6. The molecular formula is C21H21FN6. The molecule has 2 aromatic heterocycles. The highest BCUT2D eigenvalue weighted by Gasteiger charge is 2.19. The fourth-order valence-electron chi connectivity index (χ4n) is 3.05. The molecule has 0 bridgehead atoms. The van der Waals surface area contributed by atoms with Crippen LogP contribution in [-0.4, -0.2) is 33.3 Å². The van der Waals surface area contributed by atoms with Crippen LogP contribution >= 0.6 is 0 Å². The Morgan fingerprint density at radius 1 is 1.04 bits per heavy atom. The topological polar surface area (TPSA) is 72.9 Å². The Bertz CT molecular complexity index is 1110. The largest absolute Gasteiger partial charge is 0.383 e. The van der Waals surface area contributed by atoms with E-state index in [0.29, 0.717) is 35.0 Å². The van der Waals surface area contributed by atoms with Crippen molar-refractivity contribution >= 4 is 22.8 Å². The molecule has 2 N–H and O–H groups in total. The van der Waals surface area contributed by atoms with E-state index < -0.39 is 0 Å². The molecular weight excluding hydrogens is 355 g/mol. The van der Waals surface area contributed by atoms with Gasteiger partial charge in [0.2, 0.25) is 5.95 Å². The molecule has 0 aliphatic rings. The zero-order valence-corrected chi connectivity index (χ0v) is 15.8. The first-order valence-corrected chi connectivity index (χ1v) is 9.12. The molecule has 0 fully saturated rings. The zero-order valence-electron chi connectivity index (χ0n) is 15.8. The van der Waals surface area contributed by atoms with Gasteiger partial charge in [-0.3, -0.25) is 0 Å². The highest BCUT2D eigenvalue weighted by atomic mass is 19.1. The molecule has 0 atom stereocenters. The van der Waals surface area contributed by atoms with Gasteiger partial charge in [-0.1, -0.05) is 30.3 Å². The van der Waals surface area contributed by atoms with Crippen molar-refractivity contribution in [2.24, 2.45) is 0 Å². The summed E-state index contributed by atoms with van der Waals surface area (Å²) in [5.74, 6) is 0.746. The summed E-state index contributed by atoms with van der Waals surface area (Å²) in [6.45, 7) is 3.30. The Kier molecular flexibility index (Phi) is 4.65. The number of hydrogen-bond acceptors (Lipinski definition) is 5. The maximum absolute atomic E-state index is 13.4. The van der Waals surface area contributed by atoms with Crippen molar-refractivity contribution in [3.63, 3.8) is 0 Å². The van der Waals surface area contributed by atoms with Crippen LogP contribution in [0.2, 0.25) is 0 Å². The average Bonchev–Trinajstić information content (AvgIpc) is 3.03. The molecule has 0 amide bonds. The lowest BCUT2D eigenvalue weighted by Crippen LogP contribution is -2.19. The molecule has 142 valence electrons. The number of nitrogen functional groups attached to an aromatic ring is 1. The molecule has 0 aliphatic carbocycles. The lowest BCUT2D eigenvalue weighted by Gasteiger charge is -2.15. The predicted octanol–water partition coefficient (Wildman–Crippen LogP) is 3.72. The minimum atomic E-state index is -0.298. The molecule has 6 nitrogen and oxygen atoms in total. The SMILES string of the molecule is CCN(C)c1nc(-c2ccc(F)cc2)c2c(N)n(Cc3ccccc3)nc2n1. The van der Waals surface area contributed by atoms with Gasteiger partial charge in [-0.2, -0.15) is 4.98 Å². The maximum Gasteiger partial charge on any atom is 0.227 e. The monoisotopic (exact) mass is 376 g/mol. The second-order valence-electron chi connectivity index (χ2n) is 6.62. The minimum absolute atomic E-state index is 0.298. The number of aromatic nitrogens is 4. The molecule has 7 heteroatoms. The van der Waals surface area contributed by atoms with Gasteiger partial charge in [-0.15, -0.1) is 5.10 Å². The molecule has 2 aromatic carbocycles. The van der Waals surface area contributed by atoms with E-state index >= 15 is 0 Å². The second kappa shape index (κ2) is 7.26. The van der Waals surface area contributed by atoms with Crippen LogP contribution < -0.4 is 10.6 Å². The van der Waals surface area contributed by atoms with Gasteiger partial charge in [0.1, 0.15) is 11.6 Å². The molecule has 28 heavy (non-hydrogen) atoms. The van der Waals surface area contributed by atoms with Crippen molar-refractivity contribution < 1.29 is 4.39 Å². The van der Waals surface area contributed by atoms with Crippen molar-refractivity contribution in [1.29, 1.82) is 0 Å². The van der Waals surface area contributed by atoms with Crippen LogP contribution in [0.1, 0.15) is 12.5 Å². The van der Waals surface area contributed by atoms with Gasteiger partial charge in [-0.05, 0) is 36.8 Å². The smallest absolute Gasteiger partial charge is 0.227 e. The second-order valence-corrected chi connectivity index (χ2v) is 6.62. The molecule has 0 spiro atoms. The van der Waals surface area contributed by atoms with Crippen molar-refractivity contribution in [1.82, 2.24) is 19.7 Å². The fraction of sp³-hybridized carbons (Fsp3) is 0.190. The van der Waals surface area contributed by atoms with E-state index in [2.05, 4.69) is 10.1 Å². The normalized spacial score (nSPS) is 11.1. The third-order valence-corrected chi connectivity index (χ3v) is 4.74. The zero-order chi connectivity index (χ0) is 19.7. The summed E-state index contributed by atoms with van der Waals surface area (Å²) >= 11 is 0. The summed E-state index contributed by atoms with van der Waals surface area (Å²) in [4.78, 5) is 11.2. The van der Waals surface area contributed by atoms with E-state index in [-0.39, 0.29) is 5.82 Å². The molecule has 2 heterocycles. The Labute approximate surface area is 162 Å². The van der Waals surface area contributed by atoms with Gasteiger partial charge in [0.05, 0.1) is 17.6 Å². The Morgan fingerprint density at radius 2 is 1.75 bits per heavy atom. The van der Waals surface area contributed by atoms with E-state index in [9.17, 15) is 4.39 Å². The number of benzene rings is 2. The average molecular weight is 376 g/mol. The highest BCUT2D eigenvalue weighted by molar-refractivity contribution is 5.98. The molecule has 0 saturated heterocycles. The van der Waals surface area contributed by atoms with Crippen molar-refractivity contribution in [2.45, 2.75) is 13.5 Å². The Balaban J connectivity index is 1.91. The number of rotatable bonds is 5. The van der Waals surface area contributed by atoms with Gasteiger partial charge < -0.3 is 10.6 Å². The summed E-state index contributed by atoms with van der Waals surface area (Å²) in [5.41, 5.74) is 9.48. The van der Waals surface area contributed by atoms with Crippen LogP contribution in [0.5, 0.6) is 0 Å². The molecule has 0 aliphatic heterocycles.